The van der Waals surface area contributed by atoms with Crippen LogP contribution >= 0.6 is 15.9 Å². The van der Waals surface area contributed by atoms with Crippen molar-refractivity contribution in [3.8, 4) is 0 Å². The number of halogens is 1. The van der Waals surface area contributed by atoms with Gasteiger partial charge in [-0.3, -0.25) is 4.79 Å². The van der Waals surface area contributed by atoms with Crippen molar-refractivity contribution in [3.05, 3.63) is 57.4 Å². The first-order valence-electron chi connectivity index (χ1n) is 7.76. The zero-order valence-corrected chi connectivity index (χ0v) is 14.9. The maximum atomic E-state index is 12.2. The van der Waals surface area contributed by atoms with E-state index in [9.17, 15) is 9.59 Å². The molecule has 1 aliphatic heterocycles. The standard InChI is InChI=1S/C17H19BrN4O2/c1-21-10-13(9-15(18)16(21)23)20-17(24)19-12-7-8-22(11-12)14-5-3-2-4-6-14/h2-6,9-10,12H,7-8,11H2,1H3,(H2,19,20,24)/t12-/m1/s1. The van der Waals surface area contributed by atoms with Crippen LogP contribution in [-0.4, -0.2) is 29.7 Å². The van der Waals surface area contributed by atoms with Crippen molar-refractivity contribution in [3.63, 3.8) is 0 Å². The number of amides is 2. The van der Waals surface area contributed by atoms with Gasteiger partial charge in [-0.1, -0.05) is 18.2 Å². The third kappa shape index (κ3) is 3.79. The van der Waals surface area contributed by atoms with Crippen LogP contribution in [0.2, 0.25) is 0 Å². The molecule has 2 heterocycles. The quantitative estimate of drug-likeness (QED) is 0.845. The van der Waals surface area contributed by atoms with E-state index in [0.717, 1.165) is 19.5 Å². The van der Waals surface area contributed by atoms with Gasteiger partial charge >= 0.3 is 6.03 Å². The van der Waals surface area contributed by atoms with Gasteiger partial charge in [-0.2, -0.15) is 0 Å². The van der Waals surface area contributed by atoms with Crippen molar-refractivity contribution in [2.45, 2.75) is 12.5 Å². The highest BCUT2D eigenvalue weighted by Gasteiger charge is 2.24. The molecule has 2 N–H and O–H groups in total. The molecule has 0 unspecified atom stereocenters. The van der Waals surface area contributed by atoms with Gasteiger partial charge in [0.05, 0.1) is 10.2 Å². The van der Waals surface area contributed by atoms with Crippen LogP contribution in [-0.2, 0) is 7.05 Å². The topological polar surface area (TPSA) is 66.4 Å². The molecule has 2 aromatic rings. The van der Waals surface area contributed by atoms with Crippen molar-refractivity contribution in [1.82, 2.24) is 9.88 Å². The summed E-state index contributed by atoms with van der Waals surface area (Å²) in [4.78, 5) is 26.1. The number of nitrogens with one attached hydrogen (secondary N) is 2. The molecule has 0 bridgehead atoms. The number of carbonyl (C=O) groups excluding carboxylic acids is 1. The normalized spacial score (nSPS) is 16.9. The van der Waals surface area contributed by atoms with Crippen molar-refractivity contribution >= 4 is 33.3 Å². The Bertz CT molecular complexity index is 765. The van der Waals surface area contributed by atoms with Crippen molar-refractivity contribution in [1.29, 1.82) is 0 Å². The second-order valence-electron chi connectivity index (χ2n) is 5.86. The van der Waals surface area contributed by atoms with Gasteiger partial charge in [-0.15, -0.1) is 0 Å². The molecule has 3 rings (SSSR count). The summed E-state index contributed by atoms with van der Waals surface area (Å²) in [6.45, 7) is 1.70. The first-order valence-corrected chi connectivity index (χ1v) is 8.56. The summed E-state index contributed by atoms with van der Waals surface area (Å²) in [5.41, 5.74) is 1.60. The summed E-state index contributed by atoms with van der Waals surface area (Å²) in [6, 6.07) is 11.6. The number of pyridine rings is 1. The number of para-hydroxylation sites is 1. The van der Waals surface area contributed by atoms with Gasteiger partial charge in [0.2, 0.25) is 0 Å². The van der Waals surface area contributed by atoms with E-state index in [4.69, 9.17) is 0 Å². The fourth-order valence-electron chi connectivity index (χ4n) is 2.84. The molecule has 6 nitrogen and oxygen atoms in total. The molecular weight excluding hydrogens is 372 g/mol. The molecule has 1 aromatic heterocycles. The number of nitrogens with zero attached hydrogens (tertiary/aromatic N) is 2. The Labute approximate surface area is 148 Å². The van der Waals surface area contributed by atoms with Gasteiger partial charge in [0, 0.05) is 38.1 Å². The maximum Gasteiger partial charge on any atom is 0.319 e. The maximum absolute atomic E-state index is 12.2. The fraction of sp³-hybridized carbons (Fsp3) is 0.294. The Hall–Kier alpha value is -2.28. The SMILES string of the molecule is Cn1cc(NC(=O)N[C@@H]2CCN(c3ccccc3)C2)cc(Br)c1=O. The van der Waals surface area contributed by atoms with Crippen molar-refractivity contribution in [2.75, 3.05) is 23.3 Å². The molecule has 0 saturated carbocycles. The minimum absolute atomic E-state index is 0.0983. The second kappa shape index (κ2) is 7.09. The first kappa shape index (κ1) is 16.6. The molecule has 1 atom stereocenters. The van der Waals surface area contributed by atoms with Crippen molar-refractivity contribution in [2.24, 2.45) is 7.05 Å². The summed E-state index contributed by atoms with van der Waals surface area (Å²) in [6.07, 6.45) is 2.50. The van der Waals surface area contributed by atoms with E-state index >= 15 is 0 Å². The molecule has 1 saturated heterocycles. The van der Waals surface area contributed by atoms with Crippen LogP contribution in [0.3, 0.4) is 0 Å². The van der Waals surface area contributed by atoms with Crippen LogP contribution in [0.5, 0.6) is 0 Å². The number of hydrogen-bond acceptors (Lipinski definition) is 3. The zero-order chi connectivity index (χ0) is 17.1. The minimum Gasteiger partial charge on any atom is -0.369 e. The number of anilines is 2. The summed E-state index contributed by atoms with van der Waals surface area (Å²) in [5, 5.41) is 5.76. The monoisotopic (exact) mass is 390 g/mol. The lowest BCUT2D eigenvalue weighted by Crippen LogP contribution is -2.39. The van der Waals surface area contributed by atoms with Crippen LogP contribution in [0.25, 0.3) is 0 Å². The molecular formula is C17H19BrN4O2. The van der Waals surface area contributed by atoms with Gasteiger partial charge in [-0.25, -0.2) is 4.79 Å². The van der Waals surface area contributed by atoms with E-state index in [2.05, 4.69) is 43.6 Å². The molecule has 1 fully saturated rings. The molecule has 1 aromatic carbocycles. The first-order chi connectivity index (χ1) is 11.5. The summed E-state index contributed by atoms with van der Waals surface area (Å²) in [5.74, 6) is 0. The Morgan fingerprint density at radius 2 is 2.04 bits per heavy atom. The highest BCUT2D eigenvalue weighted by atomic mass is 79.9. The number of rotatable bonds is 3. The van der Waals surface area contributed by atoms with Gasteiger partial charge in [0.15, 0.2) is 0 Å². The average Bonchev–Trinajstić information content (AvgIpc) is 3.01. The van der Waals surface area contributed by atoms with Crippen LogP contribution in [0.1, 0.15) is 6.42 Å². The summed E-state index contributed by atoms with van der Waals surface area (Å²) in [7, 11) is 1.64. The van der Waals surface area contributed by atoms with E-state index in [1.165, 1.54) is 10.3 Å². The lowest BCUT2D eigenvalue weighted by molar-refractivity contribution is 0.249. The highest BCUT2D eigenvalue weighted by molar-refractivity contribution is 9.10. The van der Waals surface area contributed by atoms with Gasteiger partial charge in [-0.05, 0) is 40.5 Å². The van der Waals surface area contributed by atoms with E-state index in [1.54, 1.807) is 19.3 Å². The third-order valence-corrected chi connectivity index (χ3v) is 4.61. The van der Waals surface area contributed by atoms with E-state index in [0.29, 0.717) is 10.2 Å². The van der Waals surface area contributed by atoms with Crippen LogP contribution in [0, 0.1) is 0 Å². The summed E-state index contributed by atoms with van der Waals surface area (Å²) < 4.78 is 1.84. The Kier molecular flexibility index (Phi) is 4.89. The lowest BCUT2D eigenvalue weighted by Gasteiger charge is -2.19. The van der Waals surface area contributed by atoms with Crippen LogP contribution in [0.4, 0.5) is 16.2 Å². The molecule has 2 amide bonds. The highest BCUT2D eigenvalue weighted by Crippen LogP contribution is 2.19. The number of urea groups is 1. The average molecular weight is 391 g/mol. The number of carbonyl (C=O) groups is 1. The van der Waals surface area contributed by atoms with Gasteiger partial charge < -0.3 is 20.1 Å². The van der Waals surface area contributed by atoms with Gasteiger partial charge in [0.1, 0.15) is 0 Å². The summed E-state index contributed by atoms with van der Waals surface area (Å²) >= 11 is 3.20. The van der Waals surface area contributed by atoms with E-state index < -0.39 is 0 Å². The predicted octanol–water partition coefficient (Wildman–Crippen LogP) is 2.55. The molecule has 0 aliphatic carbocycles. The Morgan fingerprint density at radius 1 is 1.29 bits per heavy atom. The molecule has 24 heavy (non-hydrogen) atoms. The third-order valence-electron chi connectivity index (χ3n) is 4.04. The van der Waals surface area contributed by atoms with Crippen LogP contribution in [0.15, 0.2) is 51.9 Å². The largest absolute Gasteiger partial charge is 0.369 e. The smallest absolute Gasteiger partial charge is 0.319 e. The Balaban J connectivity index is 1.57. The number of aromatic nitrogens is 1. The Morgan fingerprint density at radius 3 is 2.75 bits per heavy atom. The lowest BCUT2D eigenvalue weighted by atomic mass is 10.3. The van der Waals surface area contributed by atoms with Crippen molar-refractivity contribution < 1.29 is 4.79 Å². The van der Waals surface area contributed by atoms with E-state index in [-0.39, 0.29) is 17.6 Å². The number of aryl methyl sites for hydroxylation is 1. The predicted molar refractivity (Wildman–Crippen MR) is 98.6 cm³/mol. The fourth-order valence-corrected chi connectivity index (χ4v) is 3.37. The molecule has 0 spiro atoms. The van der Waals surface area contributed by atoms with E-state index in [1.807, 2.05) is 18.2 Å². The number of hydrogen-bond donors (Lipinski definition) is 2. The molecule has 0 radical (unpaired) electrons. The number of benzene rings is 1. The molecule has 7 heteroatoms. The van der Waals surface area contributed by atoms with Crippen LogP contribution < -0.4 is 21.1 Å². The zero-order valence-electron chi connectivity index (χ0n) is 13.3. The molecule has 1 aliphatic rings. The van der Waals surface area contributed by atoms with Gasteiger partial charge in [0.25, 0.3) is 5.56 Å². The second-order valence-corrected chi connectivity index (χ2v) is 6.71. The minimum atomic E-state index is -0.263. The molecule has 126 valence electrons.